The number of nitrogens with zero attached hydrogens (tertiary/aromatic N) is 1. The van der Waals surface area contributed by atoms with Gasteiger partial charge in [0, 0.05) is 5.56 Å². The number of Topliss-reactive ketones (excluding diaryl/α,β-unsaturated/α-hetero) is 1. The number of halogens is 1. The largest absolute Gasteiger partial charge is 0.324 e. The third kappa shape index (κ3) is 2.62. The summed E-state index contributed by atoms with van der Waals surface area (Å²) in [6.45, 7) is 3.52. The maximum absolute atomic E-state index is 11.4. The summed E-state index contributed by atoms with van der Waals surface area (Å²) in [6, 6.07) is 11.1. The minimum absolute atomic E-state index is 0.0305. The lowest BCUT2D eigenvalue weighted by Crippen LogP contribution is -1.95. The first-order valence-corrected chi connectivity index (χ1v) is 6.95. The Balaban J connectivity index is 2.00. The lowest BCUT2D eigenvalue weighted by Gasteiger charge is -2.08. The van der Waals surface area contributed by atoms with Crippen LogP contribution in [0.3, 0.4) is 0 Å². The smallest absolute Gasteiger partial charge is 0.205 e. The predicted molar refractivity (Wildman–Crippen MR) is 85.6 cm³/mol. The fraction of sp³-hybridized carbons (Fsp3) is 0.125. The number of aromatic amines is 1. The summed E-state index contributed by atoms with van der Waals surface area (Å²) in [5.74, 6) is 0.629. The van der Waals surface area contributed by atoms with Crippen LogP contribution in [0.25, 0.3) is 11.0 Å². The van der Waals surface area contributed by atoms with Crippen LogP contribution in [0.15, 0.2) is 36.4 Å². The molecule has 2 aromatic carbocycles. The highest BCUT2D eigenvalue weighted by atomic mass is 35.5. The van der Waals surface area contributed by atoms with Crippen molar-refractivity contribution < 1.29 is 4.79 Å². The van der Waals surface area contributed by atoms with Crippen LogP contribution in [-0.4, -0.2) is 15.8 Å². The van der Waals surface area contributed by atoms with Crippen molar-refractivity contribution in [3.8, 4) is 0 Å². The summed E-state index contributed by atoms with van der Waals surface area (Å²) in [6.07, 6.45) is 0. The van der Waals surface area contributed by atoms with E-state index in [1.54, 1.807) is 19.1 Å². The van der Waals surface area contributed by atoms with Crippen LogP contribution in [0, 0.1) is 6.92 Å². The number of para-hydroxylation sites is 1. The van der Waals surface area contributed by atoms with Crippen LogP contribution < -0.4 is 5.32 Å². The Bertz CT molecular complexity index is 818. The SMILES string of the molecule is CC(=O)c1ccc2nc(Nc3c(C)cccc3Cl)[nH]c2c1. The Morgan fingerprint density at radius 1 is 1.29 bits per heavy atom. The molecule has 0 saturated carbocycles. The molecule has 0 aliphatic heterocycles. The van der Waals surface area contributed by atoms with Crippen molar-refractivity contribution in [2.24, 2.45) is 0 Å². The molecule has 106 valence electrons. The molecule has 0 amide bonds. The molecule has 0 aliphatic carbocycles. The van der Waals surface area contributed by atoms with E-state index in [0.717, 1.165) is 22.3 Å². The van der Waals surface area contributed by atoms with Gasteiger partial charge in [-0.15, -0.1) is 0 Å². The number of benzene rings is 2. The summed E-state index contributed by atoms with van der Waals surface area (Å²) in [7, 11) is 0. The Hall–Kier alpha value is -2.33. The molecular formula is C16H14ClN3O. The molecule has 3 rings (SSSR count). The summed E-state index contributed by atoms with van der Waals surface area (Å²) in [5.41, 5.74) is 4.13. The maximum atomic E-state index is 11.4. The van der Waals surface area contributed by atoms with Gasteiger partial charge in [-0.05, 0) is 43.7 Å². The minimum atomic E-state index is 0.0305. The number of aromatic nitrogens is 2. The van der Waals surface area contributed by atoms with Gasteiger partial charge in [0.2, 0.25) is 5.95 Å². The molecule has 4 nitrogen and oxygen atoms in total. The predicted octanol–water partition coefficient (Wildman–Crippen LogP) is 4.47. The average Bonchev–Trinajstić information content (AvgIpc) is 2.84. The Morgan fingerprint density at radius 3 is 2.81 bits per heavy atom. The van der Waals surface area contributed by atoms with E-state index in [2.05, 4.69) is 15.3 Å². The van der Waals surface area contributed by atoms with Crippen molar-refractivity contribution in [3.05, 3.63) is 52.5 Å². The van der Waals surface area contributed by atoms with Crippen LogP contribution in [0.2, 0.25) is 5.02 Å². The molecule has 2 N–H and O–H groups in total. The monoisotopic (exact) mass is 299 g/mol. The standard InChI is InChI=1S/C16H14ClN3O/c1-9-4-3-5-12(17)15(9)20-16-18-13-7-6-11(10(2)21)8-14(13)19-16/h3-8H,1-2H3,(H2,18,19,20). The number of anilines is 2. The maximum Gasteiger partial charge on any atom is 0.205 e. The number of nitrogens with one attached hydrogen (secondary N) is 2. The van der Waals surface area contributed by atoms with E-state index in [-0.39, 0.29) is 5.78 Å². The van der Waals surface area contributed by atoms with E-state index in [9.17, 15) is 4.79 Å². The van der Waals surface area contributed by atoms with E-state index in [4.69, 9.17) is 11.6 Å². The Kier molecular flexibility index (Phi) is 3.39. The number of imidazole rings is 1. The van der Waals surface area contributed by atoms with Crippen LogP contribution in [-0.2, 0) is 0 Å². The molecule has 0 atom stereocenters. The average molecular weight is 300 g/mol. The number of ketones is 1. The van der Waals surface area contributed by atoms with Crippen LogP contribution >= 0.6 is 11.6 Å². The molecule has 0 radical (unpaired) electrons. The van der Waals surface area contributed by atoms with Gasteiger partial charge in [0.25, 0.3) is 0 Å². The molecule has 1 heterocycles. The summed E-state index contributed by atoms with van der Waals surface area (Å²) < 4.78 is 0. The van der Waals surface area contributed by atoms with E-state index in [1.807, 2.05) is 31.2 Å². The van der Waals surface area contributed by atoms with Crippen molar-refractivity contribution in [2.75, 3.05) is 5.32 Å². The zero-order chi connectivity index (χ0) is 15.0. The molecule has 0 aliphatic rings. The van der Waals surface area contributed by atoms with Gasteiger partial charge in [-0.1, -0.05) is 23.7 Å². The second-order valence-corrected chi connectivity index (χ2v) is 5.34. The summed E-state index contributed by atoms with van der Waals surface area (Å²) >= 11 is 6.20. The Labute approximate surface area is 127 Å². The number of hydrogen-bond donors (Lipinski definition) is 2. The number of rotatable bonds is 3. The minimum Gasteiger partial charge on any atom is -0.324 e. The molecule has 1 aromatic heterocycles. The lowest BCUT2D eigenvalue weighted by molar-refractivity contribution is 0.101. The molecular weight excluding hydrogens is 286 g/mol. The third-order valence-corrected chi connectivity index (χ3v) is 3.67. The van der Waals surface area contributed by atoms with E-state index >= 15 is 0 Å². The van der Waals surface area contributed by atoms with Crippen LogP contribution in [0.1, 0.15) is 22.8 Å². The summed E-state index contributed by atoms with van der Waals surface area (Å²) in [4.78, 5) is 19.0. The highest BCUT2D eigenvalue weighted by Gasteiger charge is 2.09. The summed E-state index contributed by atoms with van der Waals surface area (Å²) in [5, 5.41) is 3.83. The molecule has 0 unspecified atom stereocenters. The van der Waals surface area contributed by atoms with Crippen molar-refractivity contribution in [3.63, 3.8) is 0 Å². The van der Waals surface area contributed by atoms with Crippen LogP contribution in [0.5, 0.6) is 0 Å². The Morgan fingerprint density at radius 2 is 2.10 bits per heavy atom. The van der Waals surface area contributed by atoms with Gasteiger partial charge in [0.15, 0.2) is 5.78 Å². The van der Waals surface area contributed by atoms with Gasteiger partial charge in [-0.2, -0.15) is 0 Å². The lowest BCUT2D eigenvalue weighted by atomic mass is 10.1. The van der Waals surface area contributed by atoms with E-state index in [1.165, 1.54) is 0 Å². The number of carbonyl (C=O) groups is 1. The topological polar surface area (TPSA) is 57.8 Å². The molecule has 5 heteroatoms. The molecule has 0 fully saturated rings. The molecule has 0 bridgehead atoms. The molecule has 0 saturated heterocycles. The molecule has 0 spiro atoms. The number of fused-ring (bicyclic) bond motifs is 1. The van der Waals surface area contributed by atoms with E-state index in [0.29, 0.717) is 16.5 Å². The third-order valence-electron chi connectivity index (χ3n) is 3.35. The van der Waals surface area contributed by atoms with Gasteiger partial charge >= 0.3 is 0 Å². The zero-order valence-electron chi connectivity index (χ0n) is 11.7. The van der Waals surface area contributed by atoms with Crippen molar-refractivity contribution in [1.82, 2.24) is 9.97 Å². The number of hydrogen-bond acceptors (Lipinski definition) is 3. The van der Waals surface area contributed by atoms with E-state index < -0.39 is 0 Å². The number of carbonyl (C=O) groups excluding carboxylic acids is 1. The molecule has 3 aromatic rings. The first-order valence-electron chi connectivity index (χ1n) is 6.57. The first kappa shape index (κ1) is 13.6. The van der Waals surface area contributed by atoms with Crippen molar-refractivity contribution in [2.45, 2.75) is 13.8 Å². The first-order chi connectivity index (χ1) is 10.0. The van der Waals surface area contributed by atoms with Gasteiger partial charge < -0.3 is 10.3 Å². The number of aryl methyl sites for hydroxylation is 1. The van der Waals surface area contributed by atoms with Gasteiger partial charge in [0.05, 0.1) is 21.7 Å². The second-order valence-electron chi connectivity index (χ2n) is 4.93. The fourth-order valence-electron chi connectivity index (χ4n) is 2.20. The highest BCUT2D eigenvalue weighted by Crippen LogP contribution is 2.28. The zero-order valence-corrected chi connectivity index (χ0v) is 12.5. The van der Waals surface area contributed by atoms with Gasteiger partial charge in [-0.25, -0.2) is 4.98 Å². The van der Waals surface area contributed by atoms with Crippen molar-refractivity contribution in [1.29, 1.82) is 0 Å². The fourth-order valence-corrected chi connectivity index (χ4v) is 2.47. The highest BCUT2D eigenvalue weighted by molar-refractivity contribution is 6.33. The normalized spacial score (nSPS) is 10.8. The second kappa shape index (κ2) is 5.22. The quantitative estimate of drug-likeness (QED) is 0.701. The van der Waals surface area contributed by atoms with Gasteiger partial charge in [-0.3, -0.25) is 4.79 Å². The molecule has 21 heavy (non-hydrogen) atoms. The van der Waals surface area contributed by atoms with Gasteiger partial charge in [0.1, 0.15) is 0 Å². The van der Waals surface area contributed by atoms with Crippen LogP contribution in [0.4, 0.5) is 11.6 Å². The number of H-pyrrole nitrogens is 1. The van der Waals surface area contributed by atoms with Crippen molar-refractivity contribution >= 4 is 40.1 Å².